The molecule has 0 unspecified atom stereocenters. The second-order valence-electron chi connectivity index (χ2n) is 6.96. The minimum absolute atomic E-state index is 0.160. The Morgan fingerprint density at radius 2 is 2.29 bits per heavy atom. The molecule has 0 aromatic carbocycles. The van der Waals surface area contributed by atoms with Crippen molar-refractivity contribution in [2.45, 2.75) is 12.1 Å². The minimum Gasteiger partial charge on any atom is -0.373 e. The highest BCUT2D eigenvalue weighted by molar-refractivity contribution is 5.93. The van der Waals surface area contributed by atoms with Gasteiger partial charge in [-0.3, -0.25) is 14.6 Å². The molecule has 1 saturated heterocycles. The lowest BCUT2D eigenvalue weighted by molar-refractivity contribution is -0.0686. The van der Waals surface area contributed by atoms with Gasteiger partial charge in [-0.05, 0) is 24.5 Å². The van der Waals surface area contributed by atoms with Gasteiger partial charge in [-0.25, -0.2) is 0 Å². The maximum Gasteiger partial charge on any atom is 0.272 e. The summed E-state index contributed by atoms with van der Waals surface area (Å²) in [6, 6.07) is 1.38. The second kappa shape index (κ2) is 7.48. The number of tetrazole rings is 1. The lowest BCUT2D eigenvalue weighted by Crippen LogP contribution is -2.51. The first kappa shape index (κ1) is 18.3. The molecule has 0 aliphatic carbocycles. The molecule has 1 amide bonds. The number of ether oxygens (including phenoxy) is 1. The van der Waals surface area contributed by atoms with Gasteiger partial charge in [0.25, 0.3) is 5.91 Å². The fourth-order valence-corrected chi connectivity index (χ4v) is 3.42. The van der Waals surface area contributed by atoms with Crippen LogP contribution in [0.3, 0.4) is 0 Å². The maximum atomic E-state index is 13.3. The number of aromatic amines is 1. The highest BCUT2D eigenvalue weighted by atomic mass is 16.5. The van der Waals surface area contributed by atoms with E-state index in [-0.39, 0.29) is 18.1 Å². The summed E-state index contributed by atoms with van der Waals surface area (Å²) in [4.78, 5) is 17.2. The van der Waals surface area contributed by atoms with Crippen LogP contribution in [0.25, 0.3) is 5.82 Å². The van der Waals surface area contributed by atoms with Crippen molar-refractivity contribution in [1.29, 1.82) is 0 Å². The van der Waals surface area contributed by atoms with Crippen LogP contribution in [0.2, 0.25) is 0 Å². The van der Waals surface area contributed by atoms with Crippen molar-refractivity contribution in [2.24, 2.45) is 7.05 Å². The molecule has 0 saturated carbocycles. The van der Waals surface area contributed by atoms with Gasteiger partial charge in [-0.15, -0.1) is 5.10 Å². The van der Waals surface area contributed by atoms with Crippen LogP contribution in [0.5, 0.6) is 0 Å². The first-order valence-electron chi connectivity index (χ1n) is 8.87. The number of likely N-dealkylation sites (N-methyl/N-ethyl adjacent to an activating group) is 1. The molecule has 2 atom stereocenters. The van der Waals surface area contributed by atoms with Crippen LogP contribution < -0.4 is 0 Å². The average Bonchev–Trinajstić information content (AvgIpc) is 3.41. The van der Waals surface area contributed by atoms with Gasteiger partial charge in [0.05, 0.1) is 24.9 Å². The Labute approximate surface area is 161 Å². The number of aryl methyl sites for hydroxylation is 1. The van der Waals surface area contributed by atoms with Crippen molar-refractivity contribution in [3.05, 3.63) is 36.0 Å². The molecule has 3 aromatic heterocycles. The Morgan fingerprint density at radius 1 is 1.43 bits per heavy atom. The van der Waals surface area contributed by atoms with Gasteiger partial charge < -0.3 is 14.5 Å². The van der Waals surface area contributed by atoms with Crippen molar-refractivity contribution in [1.82, 2.24) is 50.0 Å². The minimum atomic E-state index is -0.253. The zero-order valence-corrected chi connectivity index (χ0v) is 15.9. The number of hydrogen-bond acceptors (Lipinski definition) is 8. The summed E-state index contributed by atoms with van der Waals surface area (Å²) >= 11 is 0. The molecule has 28 heavy (non-hydrogen) atoms. The average molecular weight is 386 g/mol. The van der Waals surface area contributed by atoms with Crippen LogP contribution in [-0.2, 0) is 11.8 Å². The fourth-order valence-electron chi connectivity index (χ4n) is 3.42. The predicted octanol–water partition coefficient (Wildman–Crippen LogP) is -0.737. The van der Waals surface area contributed by atoms with Crippen molar-refractivity contribution < 1.29 is 9.53 Å². The fraction of sp³-hybridized carbons (Fsp3) is 0.500. The van der Waals surface area contributed by atoms with E-state index in [0.29, 0.717) is 31.2 Å². The molecular weight excluding hydrogens is 364 g/mol. The predicted molar refractivity (Wildman–Crippen MR) is 96.6 cm³/mol. The number of amides is 1. The van der Waals surface area contributed by atoms with E-state index in [4.69, 9.17) is 4.74 Å². The van der Waals surface area contributed by atoms with Crippen LogP contribution in [0.15, 0.2) is 24.8 Å². The highest BCUT2D eigenvalue weighted by Crippen LogP contribution is 2.31. The number of hydrogen-bond donors (Lipinski definition) is 1. The molecule has 1 aliphatic rings. The van der Waals surface area contributed by atoms with Crippen molar-refractivity contribution in [3.63, 3.8) is 0 Å². The normalized spacial score (nSPS) is 20.1. The second-order valence-corrected chi connectivity index (χ2v) is 6.96. The number of morpholine rings is 1. The number of nitrogens with zero attached hydrogens (tertiary/aromatic N) is 9. The Kier molecular flexibility index (Phi) is 4.88. The Balaban J connectivity index is 1.64. The zero-order chi connectivity index (χ0) is 19.7. The molecule has 1 fully saturated rings. The quantitative estimate of drug-likeness (QED) is 0.608. The Morgan fingerprint density at radius 3 is 2.96 bits per heavy atom. The first-order valence-corrected chi connectivity index (χ1v) is 8.87. The first-order chi connectivity index (χ1) is 13.5. The molecule has 1 N–H and O–H groups in total. The zero-order valence-electron chi connectivity index (χ0n) is 15.9. The largest absolute Gasteiger partial charge is 0.373 e. The van der Waals surface area contributed by atoms with Gasteiger partial charge in [-0.2, -0.15) is 14.9 Å². The molecule has 4 rings (SSSR count). The van der Waals surface area contributed by atoms with E-state index >= 15 is 0 Å². The van der Waals surface area contributed by atoms with E-state index < -0.39 is 0 Å². The van der Waals surface area contributed by atoms with Crippen LogP contribution in [0.4, 0.5) is 0 Å². The van der Waals surface area contributed by atoms with Gasteiger partial charge in [-0.1, -0.05) is 0 Å². The molecule has 0 radical (unpaired) electrons. The van der Waals surface area contributed by atoms with Crippen molar-refractivity contribution >= 4 is 5.91 Å². The van der Waals surface area contributed by atoms with Gasteiger partial charge in [0.15, 0.2) is 5.82 Å². The van der Waals surface area contributed by atoms with E-state index in [1.807, 2.05) is 37.1 Å². The van der Waals surface area contributed by atoms with Crippen LogP contribution >= 0.6 is 0 Å². The van der Waals surface area contributed by atoms with E-state index in [1.54, 1.807) is 16.9 Å². The molecule has 0 spiro atoms. The summed E-state index contributed by atoms with van der Waals surface area (Å²) in [6.07, 6.45) is 4.95. The number of nitrogens with one attached hydrogen (secondary N) is 1. The number of carbonyl (C=O) groups excluding carboxylic acids is 1. The van der Waals surface area contributed by atoms with E-state index in [0.717, 1.165) is 5.56 Å². The van der Waals surface area contributed by atoms with E-state index in [9.17, 15) is 4.79 Å². The molecular formula is C16H22N10O2. The SMILES string of the molecule is CN(C)C[C@@H]1OCCN(C(=O)c2cc(-n3cnnn3)n[nH]2)[C@H]1c1cnn(C)c1. The molecule has 0 bridgehead atoms. The summed E-state index contributed by atoms with van der Waals surface area (Å²) in [5, 5.41) is 22.2. The molecule has 12 nitrogen and oxygen atoms in total. The summed E-state index contributed by atoms with van der Waals surface area (Å²) in [7, 11) is 5.82. The summed E-state index contributed by atoms with van der Waals surface area (Å²) in [6.45, 7) is 1.62. The van der Waals surface area contributed by atoms with E-state index in [2.05, 4.69) is 30.8 Å². The standard InChI is InChI=1S/C16H22N10O2/c1-23(2)9-13-15(11-7-18-24(3)8-11)25(4-5-28-13)16(27)12-6-14(20-19-12)26-10-17-21-22-26/h6-8,10,13,15H,4-5,9H2,1-3H3,(H,19,20)/t13-,15-/m0/s1. The van der Waals surface area contributed by atoms with Crippen LogP contribution in [0.1, 0.15) is 22.1 Å². The third-order valence-corrected chi connectivity index (χ3v) is 4.60. The highest BCUT2D eigenvalue weighted by Gasteiger charge is 2.38. The topological polar surface area (TPSA) is 123 Å². The lowest BCUT2D eigenvalue weighted by Gasteiger charge is -2.41. The smallest absolute Gasteiger partial charge is 0.272 e. The maximum absolute atomic E-state index is 13.3. The number of H-pyrrole nitrogens is 1. The monoisotopic (exact) mass is 386 g/mol. The molecule has 148 valence electrons. The number of aromatic nitrogens is 8. The van der Waals surface area contributed by atoms with Crippen molar-refractivity contribution in [3.8, 4) is 5.82 Å². The Hall–Kier alpha value is -3.12. The molecule has 12 heteroatoms. The Bertz CT molecular complexity index is 931. The third kappa shape index (κ3) is 3.51. The lowest BCUT2D eigenvalue weighted by atomic mass is 10.00. The van der Waals surface area contributed by atoms with Gasteiger partial charge in [0, 0.05) is 38.0 Å². The number of rotatable bonds is 5. The third-order valence-electron chi connectivity index (χ3n) is 4.60. The summed E-state index contributed by atoms with van der Waals surface area (Å²) in [5.74, 6) is 0.289. The molecule has 3 aromatic rings. The van der Waals surface area contributed by atoms with Crippen LogP contribution in [0, 0.1) is 0 Å². The van der Waals surface area contributed by atoms with Crippen molar-refractivity contribution in [2.75, 3.05) is 33.8 Å². The summed E-state index contributed by atoms with van der Waals surface area (Å²) < 4.78 is 9.13. The van der Waals surface area contributed by atoms with Crippen LogP contribution in [-0.4, -0.2) is 95.8 Å². The van der Waals surface area contributed by atoms with E-state index in [1.165, 1.54) is 11.0 Å². The van der Waals surface area contributed by atoms with Gasteiger partial charge >= 0.3 is 0 Å². The summed E-state index contributed by atoms with van der Waals surface area (Å²) in [5.41, 5.74) is 1.30. The molecule has 1 aliphatic heterocycles. The van der Waals surface area contributed by atoms with Gasteiger partial charge in [0.2, 0.25) is 0 Å². The number of carbonyl (C=O) groups is 1. The molecule has 4 heterocycles. The van der Waals surface area contributed by atoms with Gasteiger partial charge in [0.1, 0.15) is 12.0 Å².